The molecule has 0 amide bonds. The van der Waals surface area contributed by atoms with E-state index in [1.807, 2.05) is 0 Å². The summed E-state index contributed by atoms with van der Waals surface area (Å²) < 4.78 is 0. The third-order valence-electron chi connectivity index (χ3n) is 7.46. The summed E-state index contributed by atoms with van der Waals surface area (Å²) in [4.78, 5) is 0. The van der Waals surface area contributed by atoms with Crippen LogP contribution in [-0.2, 0) is 0 Å². The first-order chi connectivity index (χ1) is 14.2. The third-order valence-corrected chi connectivity index (χ3v) is 7.46. The lowest BCUT2D eigenvalue weighted by Gasteiger charge is -2.23. The summed E-state index contributed by atoms with van der Waals surface area (Å²) in [6.07, 6.45) is 0. The summed E-state index contributed by atoms with van der Waals surface area (Å²) in [5.74, 6) is 0.247. The molecule has 1 N–H and O–H groups in total. The van der Waals surface area contributed by atoms with Gasteiger partial charge in [0.2, 0.25) is 0 Å². The van der Waals surface area contributed by atoms with Crippen LogP contribution in [0.3, 0.4) is 0 Å². The van der Waals surface area contributed by atoms with Gasteiger partial charge in [0, 0.05) is 17.0 Å². The fraction of sp³-hybridized carbons (Fsp3) is 0.276. The molecule has 0 bridgehead atoms. The molecule has 0 atom stereocenters. The number of benzene rings is 3. The number of aryl methyl sites for hydroxylation is 1. The summed E-state index contributed by atoms with van der Waals surface area (Å²) in [6, 6.07) is 17.2. The Kier molecular flexibility index (Phi) is 5.02. The molecular formula is C29H31N. The molecule has 0 spiro atoms. The van der Waals surface area contributed by atoms with Gasteiger partial charge >= 0.3 is 0 Å². The van der Waals surface area contributed by atoms with E-state index >= 15 is 0 Å². The van der Waals surface area contributed by atoms with Crippen LogP contribution >= 0.6 is 0 Å². The van der Waals surface area contributed by atoms with Gasteiger partial charge < -0.3 is 0 Å². The van der Waals surface area contributed by atoms with Crippen molar-refractivity contribution in [2.75, 3.05) is 0 Å². The molecule has 30 heavy (non-hydrogen) atoms. The second kappa shape index (κ2) is 7.40. The molecule has 0 aliphatic heterocycles. The largest absolute Gasteiger partial charge is 0.300 e. The minimum atomic E-state index is 0.247. The van der Waals surface area contributed by atoms with Crippen molar-refractivity contribution in [2.45, 2.75) is 54.4 Å². The summed E-state index contributed by atoms with van der Waals surface area (Å²) >= 11 is 0. The molecule has 1 aliphatic rings. The number of nitrogens with one attached hydrogen (secondary N) is 1. The van der Waals surface area contributed by atoms with Crippen LogP contribution in [0.25, 0.3) is 10.8 Å². The Bertz CT molecular complexity index is 1240. The summed E-state index contributed by atoms with van der Waals surface area (Å²) in [5.41, 5.74) is 13.4. The standard InChI is InChI=1S/C29H31N/c1-16-12-14-24(20(5)17(16)2)29(30)28-25-11-9-8-10-23(25)13-15-26(28)27-21(6)18(3)19(4)22(27)7/h8-15,27,30H,1-7H3. The van der Waals surface area contributed by atoms with Crippen molar-refractivity contribution in [1.82, 2.24) is 0 Å². The van der Waals surface area contributed by atoms with Crippen LogP contribution in [-0.4, -0.2) is 5.71 Å². The minimum Gasteiger partial charge on any atom is -0.300 e. The van der Waals surface area contributed by atoms with Crippen molar-refractivity contribution in [3.63, 3.8) is 0 Å². The molecule has 1 heteroatoms. The quantitative estimate of drug-likeness (QED) is 0.437. The third kappa shape index (κ3) is 2.96. The van der Waals surface area contributed by atoms with E-state index in [-0.39, 0.29) is 5.92 Å². The van der Waals surface area contributed by atoms with Gasteiger partial charge in [-0.1, -0.05) is 59.7 Å². The van der Waals surface area contributed by atoms with Crippen molar-refractivity contribution in [3.8, 4) is 0 Å². The fourth-order valence-corrected chi connectivity index (χ4v) is 4.99. The molecule has 1 nitrogen and oxygen atoms in total. The lowest BCUT2D eigenvalue weighted by molar-refractivity contribution is 0.934. The van der Waals surface area contributed by atoms with Gasteiger partial charge in [-0.2, -0.15) is 0 Å². The summed E-state index contributed by atoms with van der Waals surface area (Å²) in [6.45, 7) is 15.4. The van der Waals surface area contributed by atoms with Gasteiger partial charge in [0.05, 0.1) is 5.71 Å². The lowest BCUT2D eigenvalue weighted by atomic mass is 9.80. The van der Waals surface area contributed by atoms with Crippen molar-refractivity contribution in [1.29, 1.82) is 5.41 Å². The number of rotatable bonds is 3. The average Bonchev–Trinajstić information content (AvgIpc) is 2.93. The highest BCUT2D eigenvalue weighted by molar-refractivity contribution is 6.19. The SMILES string of the molecule is CC1=C(C)C(c2ccc3ccccc3c2C(=N)c2ccc(C)c(C)c2C)C(C)=C1C. The van der Waals surface area contributed by atoms with E-state index < -0.39 is 0 Å². The van der Waals surface area contributed by atoms with Crippen LogP contribution in [0, 0.1) is 26.2 Å². The molecule has 0 unspecified atom stereocenters. The summed E-state index contributed by atoms with van der Waals surface area (Å²) in [5, 5.41) is 11.7. The van der Waals surface area contributed by atoms with E-state index in [9.17, 15) is 5.41 Å². The first-order valence-electron chi connectivity index (χ1n) is 10.8. The highest BCUT2D eigenvalue weighted by atomic mass is 14.5. The van der Waals surface area contributed by atoms with E-state index in [0.717, 1.165) is 11.1 Å². The molecule has 4 rings (SSSR count). The zero-order valence-corrected chi connectivity index (χ0v) is 19.2. The molecule has 0 heterocycles. The maximum absolute atomic E-state index is 9.37. The summed E-state index contributed by atoms with van der Waals surface area (Å²) in [7, 11) is 0. The number of hydrogen-bond donors (Lipinski definition) is 1. The van der Waals surface area contributed by atoms with E-state index in [4.69, 9.17) is 0 Å². The topological polar surface area (TPSA) is 23.9 Å². The Balaban J connectivity index is 2.03. The van der Waals surface area contributed by atoms with E-state index in [1.165, 1.54) is 55.3 Å². The van der Waals surface area contributed by atoms with Crippen LogP contribution in [0.5, 0.6) is 0 Å². The molecule has 1 aliphatic carbocycles. The van der Waals surface area contributed by atoms with Gasteiger partial charge in [-0.05, 0) is 92.6 Å². The maximum Gasteiger partial charge on any atom is 0.0696 e. The lowest BCUT2D eigenvalue weighted by Crippen LogP contribution is -2.13. The second-order valence-corrected chi connectivity index (χ2v) is 8.85. The highest BCUT2D eigenvalue weighted by Gasteiger charge is 2.29. The molecule has 3 aromatic carbocycles. The Morgan fingerprint density at radius 1 is 0.700 bits per heavy atom. The van der Waals surface area contributed by atoms with Gasteiger partial charge in [0.25, 0.3) is 0 Å². The van der Waals surface area contributed by atoms with Crippen LogP contribution < -0.4 is 0 Å². The van der Waals surface area contributed by atoms with Crippen LogP contribution in [0.2, 0.25) is 0 Å². The Morgan fingerprint density at radius 3 is 2.00 bits per heavy atom. The van der Waals surface area contributed by atoms with Gasteiger partial charge in [0.1, 0.15) is 0 Å². The van der Waals surface area contributed by atoms with Crippen molar-refractivity contribution in [3.05, 3.63) is 104 Å². The molecule has 3 aromatic rings. The monoisotopic (exact) mass is 393 g/mol. The molecular weight excluding hydrogens is 362 g/mol. The zero-order chi connectivity index (χ0) is 21.7. The van der Waals surface area contributed by atoms with E-state index in [0.29, 0.717) is 5.71 Å². The van der Waals surface area contributed by atoms with Gasteiger partial charge in [0.15, 0.2) is 0 Å². The Hall–Kier alpha value is -2.93. The average molecular weight is 394 g/mol. The van der Waals surface area contributed by atoms with Gasteiger partial charge in [-0.25, -0.2) is 0 Å². The number of fused-ring (bicyclic) bond motifs is 1. The Morgan fingerprint density at radius 2 is 1.33 bits per heavy atom. The predicted molar refractivity (Wildman–Crippen MR) is 130 cm³/mol. The molecule has 152 valence electrons. The number of allylic oxidation sites excluding steroid dienone is 4. The zero-order valence-electron chi connectivity index (χ0n) is 19.2. The predicted octanol–water partition coefficient (Wildman–Crippen LogP) is 7.95. The van der Waals surface area contributed by atoms with E-state index in [1.54, 1.807) is 0 Å². The minimum absolute atomic E-state index is 0.247. The van der Waals surface area contributed by atoms with Crippen LogP contribution in [0.4, 0.5) is 0 Å². The molecule has 0 fully saturated rings. The second-order valence-electron chi connectivity index (χ2n) is 8.85. The normalized spacial score (nSPS) is 14.9. The Labute approximate surface area is 180 Å². The molecule has 0 saturated heterocycles. The fourth-order valence-electron chi connectivity index (χ4n) is 4.99. The highest BCUT2D eigenvalue weighted by Crippen LogP contribution is 2.45. The molecule has 0 aromatic heterocycles. The van der Waals surface area contributed by atoms with E-state index in [2.05, 4.69) is 97.0 Å². The van der Waals surface area contributed by atoms with Crippen molar-refractivity contribution < 1.29 is 0 Å². The maximum atomic E-state index is 9.37. The molecule has 0 radical (unpaired) electrons. The van der Waals surface area contributed by atoms with Crippen LogP contribution in [0.1, 0.15) is 67.0 Å². The van der Waals surface area contributed by atoms with Gasteiger partial charge in [-0.15, -0.1) is 0 Å². The first kappa shape index (κ1) is 20.3. The van der Waals surface area contributed by atoms with Crippen LogP contribution in [0.15, 0.2) is 70.8 Å². The molecule has 0 saturated carbocycles. The number of hydrogen-bond acceptors (Lipinski definition) is 1. The van der Waals surface area contributed by atoms with Crippen molar-refractivity contribution in [2.24, 2.45) is 0 Å². The smallest absolute Gasteiger partial charge is 0.0696 e. The first-order valence-corrected chi connectivity index (χ1v) is 10.8. The van der Waals surface area contributed by atoms with Gasteiger partial charge in [-0.3, -0.25) is 5.41 Å². The van der Waals surface area contributed by atoms with Crippen molar-refractivity contribution >= 4 is 16.5 Å².